The average Bonchev–Trinajstić information content (AvgIpc) is 3.45. The highest BCUT2D eigenvalue weighted by Gasteiger charge is 2.20. The van der Waals surface area contributed by atoms with Gasteiger partial charge in [-0.25, -0.2) is 9.97 Å². The molecule has 0 atom stereocenters. The van der Waals surface area contributed by atoms with Gasteiger partial charge in [0.25, 0.3) is 0 Å². The van der Waals surface area contributed by atoms with Gasteiger partial charge in [-0.3, -0.25) is 4.79 Å². The maximum absolute atomic E-state index is 11.8. The summed E-state index contributed by atoms with van der Waals surface area (Å²) < 4.78 is 10.5. The molecule has 0 unspecified atom stereocenters. The lowest BCUT2D eigenvalue weighted by Crippen LogP contribution is -2.30. The highest BCUT2D eigenvalue weighted by atomic mass is 32.1. The van der Waals surface area contributed by atoms with Gasteiger partial charge in [-0.15, -0.1) is 11.3 Å². The van der Waals surface area contributed by atoms with Crippen molar-refractivity contribution in [2.75, 3.05) is 39.2 Å². The summed E-state index contributed by atoms with van der Waals surface area (Å²) in [5, 5.41) is 5.22. The molecule has 30 heavy (non-hydrogen) atoms. The SMILES string of the molecule is COc1cc(-c2cnc(NCCN3CCCC3=O)nc2-c2cccs2)nc(OC)n1. The van der Waals surface area contributed by atoms with Crippen LogP contribution in [-0.2, 0) is 4.79 Å². The third kappa shape index (κ3) is 4.33. The molecule has 3 aromatic heterocycles. The molecule has 1 saturated heterocycles. The van der Waals surface area contributed by atoms with E-state index in [0.717, 1.165) is 29.1 Å². The fraction of sp³-hybridized carbons (Fsp3) is 0.350. The van der Waals surface area contributed by atoms with Crippen LogP contribution in [0.2, 0.25) is 0 Å². The average molecular weight is 427 g/mol. The number of hydrogen-bond donors (Lipinski definition) is 1. The highest BCUT2D eigenvalue weighted by molar-refractivity contribution is 7.13. The van der Waals surface area contributed by atoms with Gasteiger partial charge in [-0.1, -0.05) is 6.07 Å². The Balaban J connectivity index is 1.62. The Morgan fingerprint density at radius 2 is 2.13 bits per heavy atom. The van der Waals surface area contributed by atoms with Crippen LogP contribution in [0.3, 0.4) is 0 Å². The number of carbonyl (C=O) groups is 1. The van der Waals surface area contributed by atoms with Crippen molar-refractivity contribution in [3.8, 4) is 33.7 Å². The molecule has 4 rings (SSSR count). The number of methoxy groups -OCH3 is 2. The summed E-state index contributed by atoms with van der Waals surface area (Å²) in [7, 11) is 3.05. The van der Waals surface area contributed by atoms with Gasteiger partial charge in [0.15, 0.2) is 0 Å². The Morgan fingerprint density at radius 1 is 1.23 bits per heavy atom. The summed E-state index contributed by atoms with van der Waals surface area (Å²) in [5.74, 6) is 1.10. The van der Waals surface area contributed by atoms with Gasteiger partial charge in [-0.05, 0) is 17.9 Å². The first-order valence-corrected chi connectivity index (χ1v) is 10.5. The van der Waals surface area contributed by atoms with Crippen molar-refractivity contribution in [3.63, 3.8) is 0 Å². The molecule has 9 nitrogen and oxygen atoms in total. The number of carbonyl (C=O) groups excluding carboxylic acids is 1. The van der Waals surface area contributed by atoms with Crippen LogP contribution in [-0.4, -0.2) is 64.6 Å². The minimum atomic E-state index is 0.207. The summed E-state index contributed by atoms with van der Waals surface area (Å²) in [6.45, 7) is 2.04. The van der Waals surface area contributed by atoms with E-state index in [4.69, 9.17) is 14.5 Å². The van der Waals surface area contributed by atoms with E-state index in [9.17, 15) is 4.79 Å². The van der Waals surface area contributed by atoms with Gasteiger partial charge in [0.05, 0.1) is 30.5 Å². The lowest BCUT2D eigenvalue weighted by molar-refractivity contribution is -0.127. The van der Waals surface area contributed by atoms with Crippen molar-refractivity contribution in [2.24, 2.45) is 0 Å². The smallest absolute Gasteiger partial charge is 0.320 e. The molecule has 10 heteroatoms. The normalized spacial score (nSPS) is 13.5. The van der Waals surface area contributed by atoms with E-state index < -0.39 is 0 Å². The molecule has 1 fully saturated rings. The van der Waals surface area contributed by atoms with E-state index in [1.54, 1.807) is 30.7 Å². The fourth-order valence-corrected chi connectivity index (χ4v) is 3.96. The molecule has 1 amide bonds. The number of likely N-dealkylation sites (tertiary alicyclic amines) is 1. The molecule has 1 N–H and O–H groups in total. The van der Waals surface area contributed by atoms with Crippen molar-refractivity contribution >= 4 is 23.2 Å². The molecule has 0 saturated carbocycles. The number of anilines is 1. The van der Waals surface area contributed by atoms with E-state index in [1.165, 1.54) is 7.11 Å². The number of ether oxygens (including phenoxy) is 2. The summed E-state index contributed by atoms with van der Waals surface area (Å²) in [6.07, 6.45) is 3.30. The van der Waals surface area contributed by atoms with Gasteiger partial charge in [-0.2, -0.15) is 9.97 Å². The molecule has 0 bridgehead atoms. The largest absolute Gasteiger partial charge is 0.481 e. The minimum Gasteiger partial charge on any atom is -0.481 e. The Labute approximate surface area is 178 Å². The fourth-order valence-electron chi connectivity index (χ4n) is 3.24. The van der Waals surface area contributed by atoms with Crippen LogP contribution in [0.1, 0.15) is 12.8 Å². The number of rotatable bonds is 8. The Bertz CT molecular complexity index is 1010. The lowest BCUT2D eigenvalue weighted by Gasteiger charge is -2.16. The summed E-state index contributed by atoms with van der Waals surface area (Å²) >= 11 is 1.58. The number of thiophene rings is 1. The van der Waals surface area contributed by atoms with Crippen LogP contribution in [0.5, 0.6) is 11.9 Å². The second kappa shape index (κ2) is 9.04. The zero-order valence-corrected chi connectivity index (χ0v) is 17.6. The van der Waals surface area contributed by atoms with Crippen molar-refractivity contribution < 1.29 is 14.3 Å². The monoisotopic (exact) mass is 426 g/mol. The van der Waals surface area contributed by atoms with Crippen LogP contribution >= 0.6 is 11.3 Å². The third-order valence-electron chi connectivity index (χ3n) is 4.73. The molecule has 4 heterocycles. The zero-order valence-electron chi connectivity index (χ0n) is 16.8. The van der Waals surface area contributed by atoms with Crippen LogP contribution in [0, 0.1) is 0 Å². The van der Waals surface area contributed by atoms with Gasteiger partial charge in [0, 0.05) is 43.9 Å². The van der Waals surface area contributed by atoms with E-state index in [1.807, 2.05) is 22.4 Å². The minimum absolute atomic E-state index is 0.207. The van der Waals surface area contributed by atoms with E-state index in [-0.39, 0.29) is 11.9 Å². The zero-order chi connectivity index (χ0) is 20.9. The van der Waals surface area contributed by atoms with Gasteiger partial charge >= 0.3 is 6.01 Å². The Hall–Kier alpha value is -3.27. The molecule has 3 aromatic rings. The summed E-state index contributed by atoms with van der Waals surface area (Å²) in [6, 6.07) is 5.90. The van der Waals surface area contributed by atoms with Crippen LogP contribution in [0.4, 0.5) is 5.95 Å². The van der Waals surface area contributed by atoms with E-state index in [0.29, 0.717) is 37.0 Å². The third-order valence-corrected chi connectivity index (χ3v) is 5.61. The maximum atomic E-state index is 11.8. The summed E-state index contributed by atoms with van der Waals surface area (Å²) in [4.78, 5) is 32.4. The highest BCUT2D eigenvalue weighted by Crippen LogP contribution is 2.34. The van der Waals surface area contributed by atoms with E-state index in [2.05, 4.69) is 20.3 Å². The molecular weight excluding hydrogens is 404 g/mol. The van der Waals surface area contributed by atoms with Gasteiger partial charge in [0.2, 0.25) is 17.7 Å². The Morgan fingerprint density at radius 3 is 2.83 bits per heavy atom. The van der Waals surface area contributed by atoms with Gasteiger partial charge < -0.3 is 19.7 Å². The molecule has 1 aliphatic rings. The molecular formula is C20H22N6O3S. The number of nitrogens with zero attached hydrogens (tertiary/aromatic N) is 5. The molecule has 0 radical (unpaired) electrons. The van der Waals surface area contributed by atoms with Crippen LogP contribution in [0.25, 0.3) is 21.8 Å². The van der Waals surface area contributed by atoms with Gasteiger partial charge in [0.1, 0.15) is 0 Å². The lowest BCUT2D eigenvalue weighted by atomic mass is 10.1. The van der Waals surface area contributed by atoms with Crippen LogP contribution < -0.4 is 14.8 Å². The second-order valence-electron chi connectivity index (χ2n) is 6.63. The molecule has 0 aliphatic carbocycles. The first kappa shape index (κ1) is 20.0. The standard InChI is InChI=1S/C20H22N6O3S/c1-28-16-11-14(23-20(24-16)29-2)13-12-22-19(25-18(13)15-5-4-10-30-15)21-7-9-26-8-3-6-17(26)27/h4-5,10-12H,3,6-9H2,1-2H3,(H,21,22,25). The second-order valence-corrected chi connectivity index (χ2v) is 7.57. The predicted molar refractivity (Wildman–Crippen MR) is 114 cm³/mol. The molecule has 156 valence electrons. The quantitative estimate of drug-likeness (QED) is 0.587. The van der Waals surface area contributed by atoms with Crippen LogP contribution in [0.15, 0.2) is 29.8 Å². The first-order valence-electron chi connectivity index (χ1n) is 9.58. The first-order chi connectivity index (χ1) is 14.7. The van der Waals surface area contributed by atoms with E-state index >= 15 is 0 Å². The number of nitrogens with one attached hydrogen (secondary N) is 1. The summed E-state index contributed by atoms with van der Waals surface area (Å²) in [5.41, 5.74) is 2.11. The molecule has 0 spiro atoms. The molecule has 0 aromatic carbocycles. The van der Waals surface area contributed by atoms with Crippen molar-refractivity contribution in [3.05, 3.63) is 29.8 Å². The Kier molecular flexibility index (Phi) is 6.03. The van der Waals surface area contributed by atoms with Crippen molar-refractivity contribution in [1.82, 2.24) is 24.8 Å². The number of amides is 1. The van der Waals surface area contributed by atoms with Crippen molar-refractivity contribution in [1.29, 1.82) is 0 Å². The predicted octanol–water partition coefficient (Wildman–Crippen LogP) is 2.71. The number of aromatic nitrogens is 4. The van der Waals surface area contributed by atoms with Crippen molar-refractivity contribution in [2.45, 2.75) is 12.8 Å². The maximum Gasteiger partial charge on any atom is 0.320 e. The number of hydrogen-bond acceptors (Lipinski definition) is 9. The molecule has 1 aliphatic heterocycles. The topological polar surface area (TPSA) is 102 Å².